The number of nitrogens with zero attached hydrogens (tertiary/aromatic N) is 2. The lowest BCUT2D eigenvalue weighted by atomic mass is 9.97. The number of likely N-dealkylation sites (tertiary alicyclic amines) is 1. The molecule has 0 amide bonds. The van der Waals surface area contributed by atoms with Gasteiger partial charge in [-0.2, -0.15) is 0 Å². The maximum Gasteiger partial charge on any atom is 0.317 e. The van der Waals surface area contributed by atoms with Crippen LogP contribution in [0.3, 0.4) is 0 Å². The Morgan fingerprint density at radius 3 is 2.81 bits per heavy atom. The highest BCUT2D eigenvalue weighted by atomic mass is 16.4. The molecule has 1 fully saturated rings. The summed E-state index contributed by atoms with van der Waals surface area (Å²) in [7, 11) is 0. The Bertz CT molecular complexity index is 436. The number of carbonyl (C=O) groups is 1. The Morgan fingerprint density at radius 2 is 2.14 bits per heavy atom. The molecule has 0 unspecified atom stereocenters. The van der Waals surface area contributed by atoms with Crippen LogP contribution < -0.4 is 0 Å². The second kappa shape index (κ2) is 8.15. The highest BCUT2D eigenvalue weighted by Gasteiger charge is 2.22. The minimum absolute atomic E-state index is 0.182. The third kappa shape index (κ3) is 5.48. The van der Waals surface area contributed by atoms with Crippen molar-refractivity contribution in [3.63, 3.8) is 0 Å². The zero-order valence-electron chi connectivity index (χ0n) is 12.9. The van der Waals surface area contributed by atoms with Crippen LogP contribution in [0.4, 0.5) is 0 Å². The topological polar surface area (TPSA) is 43.8 Å². The molecule has 21 heavy (non-hydrogen) atoms. The van der Waals surface area contributed by atoms with Gasteiger partial charge in [0.05, 0.1) is 6.54 Å². The lowest BCUT2D eigenvalue weighted by Gasteiger charge is -2.34. The Kier molecular flexibility index (Phi) is 6.21. The van der Waals surface area contributed by atoms with E-state index in [0.29, 0.717) is 5.92 Å². The van der Waals surface area contributed by atoms with Gasteiger partial charge in [0, 0.05) is 19.6 Å². The number of hydrogen-bond donors (Lipinski definition) is 1. The molecule has 2 rings (SSSR count). The van der Waals surface area contributed by atoms with E-state index >= 15 is 0 Å². The number of hydrogen-bond acceptors (Lipinski definition) is 3. The maximum absolute atomic E-state index is 10.8. The first-order valence-electron chi connectivity index (χ1n) is 7.87. The predicted octanol–water partition coefficient (Wildman–Crippen LogP) is 2.31. The van der Waals surface area contributed by atoms with Crippen LogP contribution in [0.15, 0.2) is 30.3 Å². The smallest absolute Gasteiger partial charge is 0.317 e. The van der Waals surface area contributed by atoms with Crippen molar-refractivity contribution in [2.24, 2.45) is 5.92 Å². The zero-order chi connectivity index (χ0) is 15.1. The van der Waals surface area contributed by atoms with E-state index in [1.165, 1.54) is 12.0 Å². The molecule has 0 bridgehead atoms. The van der Waals surface area contributed by atoms with Crippen LogP contribution in [0, 0.1) is 5.92 Å². The van der Waals surface area contributed by atoms with Gasteiger partial charge in [0.1, 0.15) is 0 Å². The Labute approximate surface area is 127 Å². The highest BCUT2D eigenvalue weighted by molar-refractivity contribution is 5.69. The standard InChI is InChI=1S/C17H26N2O2/c1-2-18(11-15-7-4-3-5-8-15)12-16-9-6-10-19(13-16)14-17(20)21/h3-5,7-8,16H,2,6,9-14H2,1H3,(H,20,21)/t16-/m0/s1. The van der Waals surface area contributed by atoms with Crippen LogP contribution in [0.25, 0.3) is 0 Å². The van der Waals surface area contributed by atoms with Gasteiger partial charge < -0.3 is 5.11 Å². The first kappa shape index (κ1) is 16.0. The molecule has 4 nitrogen and oxygen atoms in total. The van der Waals surface area contributed by atoms with E-state index in [2.05, 4.69) is 41.0 Å². The molecule has 1 aliphatic heterocycles. The molecule has 4 heteroatoms. The van der Waals surface area contributed by atoms with Gasteiger partial charge in [0.15, 0.2) is 0 Å². The molecular weight excluding hydrogens is 264 g/mol. The van der Waals surface area contributed by atoms with E-state index in [4.69, 9.17) is 5.11 Å². The van der Waals surface area contributed by atoms with Gasteiger partial charge in [-0.25, -0.2) is 0 Å². The van der Waals surface area contributed by atoms with Crippen molar-refractivity contribution in [2.75, 3.05) is 32.7 Å². The van der Waals surface area contributed by atoms with Crippen molar-refractivity contribution in [3.05, 3.63) is 35.9 Å². The Balaban J connectivity index is 1.84. The van der Waals surface area contributed by atoms with Crippen molar-refractivity contribution in [2.45, 2.75) is 26.3 Å². The molecule has 0 spiro atoms. The molecule has 0 radical (unpaired) electrons. The van der Waals surface area contributed by atoms with Gasteiger partial charge in [0.25, 0.3) is 0 Å². The summed E-state index contributed by atoms with van der Waals surface area (Å²) in [6, 6.07) is 10.5. The van der Waals surface area contributed by atoms with E-state index in [1.54, 1.807) is 0 Å². The van der Waals surface area contributed by atoms with E-state index < -0.39 is 5.97 Å². The molecule has 1 aromatic rings. The number of aliphatic carboxylic acids is 1. The first-order chi connectivity index (χ1) is 10.2. The van der Waals surface area contributed by atoms with Crippen LogP contribution in [0.1, 0.15) is 25.3 Å². The van der Waals surface area contributed by atoms with E-state index in [9.17, 15) is 4.79 Å². The number of carboxylic acid groups (broad SMARTS) is 1. The molecule has 1 heterocycles. The fourth-order valence-electron chi connectivity index (χ4n) is 3.15. The van der Waals surface area contributed by atoms with Crippen LogP contribution in [-0.2, 0) is 11.3 Å². The fraction of sp³-hybridized carbons (Fsp3) is 0.588. The second-order valence-electron chi connectivity index (χ2n) is 5.95. The van der Waals surface area contributed by atoms with Crippen molar-refractivity contribution in [1.82, 2.24) is 9.80 Å². The average Bonchev–Trinajstić information content (AvgIpc) is 2.47. The van der Waals surface area contributed by atoms with Crippen molar-refractivity contribution in [3.8, 4) is 0 Å². The van der Waals surface area contributed by atoms with Gasteiger partial charge >= 0.3 is 5.97 Å². The monoisotopic (exact) mass is 290 g/mol. The highest BCUT2D eigenvalue weighted by Crippen LogP contribution is 2.18. The largest absolute Gasteiger partial charge is 0.480 e. The summed E-state index contributed by atoms with van der Waals surface area (Å²) < 4.78 is 0. The minimum Gasteiger partial charge on any atom is -0.480 e. The summed E-state index contributed by atoms with van der Waals surface area (Å²) in [6.45, 7) is 7.28. The number of benzene rings is 1. The molecule has 0 saturated carbocycles. The molecule has 1 atom stereocenters. The SMILES string of the molecule is CCN(Cc1ccccc1)C[C@@H]1CCCN(CC(=O)O)C1. The van der Waals surface area contributed by atoms with Gasteiger partial charge in [-0.15, -0.1) is 0 Å². The van der Waals surface area contributed by atoms with Crippen LogP contribution >= 0.6 is 0 Å². The molecule has 0 aromatic heterocycles. The van der Waals surface area contributed by atoms with Gasteiger partial charge in [0.2, 0.25) is 0 Å². The molecular formula is C17H26N2O2. The summed E-state index contributed by atoms with van der Waals surface area (Å²) >= 11 is 0. The number of piperidine rings is 1. The fourth-order valence-corrected chi connectivity index (χ4v) is 3.15. The third-order valence-corrected chi connectivity index (χ3v) is 4.17. The predicted molar refractivity (Wildman–Crippen MR) is 84.2 cm³/mol. The molecule has 1 aromatic carbocycles. The second-order valence-corrected chi connectivity index (χ2v) is 5.95. The Morgan fingerprint density at radius 1 is 1.38 bits per heavy atom. The molecule has 116 valence electrons. The summed E-state index contributed by atoms with van der Waals surface area (Å²) in [5.41, 5.74) is 1.34. The van der Waals surface area contributed by atoms with E-state index in [-0.39, 0.29) is 6.54 Å². The van der Waals surface area contributed by atoms with E-state index in [1.807, 2.05) is 6.07 Å². The zero-order valence-corrected chi connectivity index (χ0v) is 12.9. The van der Waals surface area contributed by atoms with Crippen LogP contribution in [-0.4, -0.2) is 53.6 Å². The number of rotatable bonds is 7. The quantitative estimate of drug-likeness (QED) is 0.837. The van der Waals surface area contributed by atoms with Crippen LogP contribution in [0.2, 0.25) is 0 Å². The van der Waals surface area contributed by atoms with Crippen molar-refractivity contribution >= 4 is 5.97 Å². The normalized spacial score (nSPS) is 19.8. The summed E-state index contributed by atoms with van der Waals surface area (Å²) in [5.74, 6) is -0.131. The molecule has 1 aliphatic rings. The first-order valence-corrected chi connectivity index (χ1v) is 7.87. The number of carboxylic acids is 1. The van der Waals surface area contributed by atoms with Gasteiger partial charge in [-0.05, 0) is 37.4 Å². The lowest BCUT2D eigenvalue weighted by molar-refractivity contribution is -0.138. The Hall–Kier alpha value is -1.39. The van der Waals surface area contributed by atoms with Crippen LogP contribution in [0.5, 0.6) is 0 Å². The average molecular weight is 290 g/mol. The molecule has 1 saturated heterocycles. The maximum atomic E-state index is 10.8. The van der Waals surface area contributed by atoms with Crippen molar-refractivity contribution in [1.29, 1.82) is 0 Å². The summed E-state index contributed by atoms with van der Waals surface area (Å²) in [4.78, 5) is 15.4. The van der Waals surface area contributed by atoms with Crippen molar-refractivity contribution < 1.29 is 9.90 Å². The molecule has 1 N–H and O–H groups in total. The van der Waals surface area contributed by atoms with Gasteiger partial charge in [-0.1, -0.05) is 37.3 Å². The minimum atomic E-state index is -0.715. The van der Waals surface area contributed by atoms with Gasteiger partial charge in [-0.3, -0.25) is 14.6 Å². The summed E-state index contributed by atoms with van der Waals surface area (Å²) in [5, 5.41) is 8.92. The summed E-state index contributed by atoms with van der Waals surface area (Å²) in [6.07, 6.45) is 2.32. The lowest BCUT2D eigenvalue weighted by Crippen LogP contribution is -2.42. The molecule has 0 aliphatic carbocycles. The third-order valence-electron chi connectivity index (χ3n) is 4.17. The van der Waals surface area contributed by atoms with E-state index in [0.717, 1.165) is 39.1 Å².